The van der Waals surface area contributed by atoms with Gasteiger partial charge in [-0.1, -0.05) is 0 Å². The van der Waals surface area contributed by atoms with Crippen molar-refractivity contribution in [2.45, 2.75) is 23.8 Å². The molecule has 88 valence electrons. The van der Waals surface area contributed by atoms with Crippen molar-refractivity contribution in [3.8, 4) is 0 Å². The molecule has 1 aliphatic carbocycles. The second-order valence-electron chi connectivity index (χ2n) is 3.59. The Balaban J connectivity index is 2.46. The predicted octanol–water partition coefficient (Wildman–Crippen LogP) is 1.54. The lowest BCUT2D eigenvalue weighted by atomic mass is 10.3. The number of rotatable bonds is 3. The maximum atomic E-state index is 13.2. The summed E-state index contributed by atoms with van der Waals surface area (Å²) in [5, 5.41) is 0. The third kappa shape index (κ3) is 2.19. The van der Waals surface area contributed by atoms with Crippen molar-refractivity contribution >= 4 is 10.0 Å². The van der Waals surface area contributed by atoms with Gasteiger partial charge >= 0.3 is 0 Å². The van der Waals surface area contributed by atoms with Crippen LogP contribution in [0.15, 0.2) is 17.0 Å². The highest BCUT2D eigenvalue weighted by Gasteiger charge is 2.32. The molecule has 3 nitrogen and oxygen atoms in total. The van der Waals surface area contributed by atoms with E-state index >= 15 is 0 Å². The Kier molecular flexibility index (Phi) is 2.67. The first-order valence-electron chi connectivity index (χ1n) is 4.57. The van der Waals surface area contributed by atoms with Gasteiger partial charge in [0.25, 0.3) is 0 Å². The molecule has 0 amide bonds. The van der Waals surface area contributed by atoms with Crippen LogP contribution in [0.1, 0.15) is 12.8 Å². The summed E-state index contributed by atoms with van der Waals surface area (Å²) in [6.45, 7) is 0. The Morgan fingerprint density at radius 2 is 1.62 bits per heavy atom. The number of hydrogen-bond acceptors (Lipinski definition) is 2. The van der Waals surface area contributed by atoms with E-state index in [1.807, 2.05) is 0 Å². The predicted molar refractivity (Wildman–Crippen MR) is 49.7 cm³/mol. The van der Waals surface area contributed by atoms with Gasteiger partial charge in [0.15, 0.2) is 4.90 Å². The fourth-order valence-corrected chi connectivity index (χ4v) is 2.69. The molecule has 1 aromatic carbocycles. The highest BCUT2D eigenvalue weighted by molar-refractivity contribution is 7.89. The van der Waals surface area contributed by atoms with Gasteiger partial charge in [-0.3, -0.25) is 0 Å². The smallest absolute Gasteiger partial charge is 0.208 e. The van der Waals surface area contributed by atoms with Crippen LogP contribution < -0.4 is 4.72 Å². The minimum atomic E-state index is -4.24. The van der Waals surface area contributed by atoms with Crippen molar-refractivity contribution in [3.63, 3.8) is 0 Å². The molecule has 16 heavy (non-hydrogen) atoms. The van der Waals surface area contributed by atoms with E-state index in [9.17, 15) is 21.6 Å². The van der Waals surface area contributed by atoms with Crippen molar-refractivity contribution in [2.75, 3.05) is 0 Å². The van der Waals surface area contributed by atoms with E-state index < -0.39 is 32.4 Å². The van der Waals surface area contributed by atoms with Crippen LogP contribution in [0.5, 0.6) is 0 Å². The summed E-state index contributed by atoms with van der Waals surface area (Å²) in [5.74, 6) is -4.00. The molecule has 0 radical (unpaired) electrons. The second kappa shape index (κ2) is 3.74. The average Bonchev–Trinajstić information content (AvgIpc) is 2.83. The molecule has 1 saturated carbocycles. The maximum absolute atomic E-state index is 13.2. The summed E-state index contributed by atoms with van der Waals surface area (Å²) < 4.78 is 64.1. The summed E-state index contributed by atoms with van der Waals surface area (Å²) >= 11 is 0. The zero-order chi connectivity index (χ0) is 11.9. The van der Waals surface area contributed by atoms with E-state index in [-0.39, 0.29) is 6.04 Å². The van der Waals surface area contributed by atoms with Gasteiger partial charge in [-0.2, -0.15) is 0 Å². The number of nitrogens with one attached hydrogen (secondary N) is 1. The molecule has 1 aliphatic rings. The molecule has 0 aliphatic heterocycles. The molecule has 1 aromatic rings. The summed E-state index contributed by atoms with van der Waals surface area (Å²) in [4.78, 5) is -1.12. The van der Waals surface area contributed by atoms with Gasteiger partial charge in [-0.15, -0.1) is 0 Å². The standard InChI is InChI=1S/C9H8F3NO2S/c10-5-3-7(11)9(8(12)4-5)16(14,15)13-6-1-2-6/h3-4,6,13H,1-2H2. The molecular formula is C9H8F3NO2S. The fourth-order valence-electron chi connectivity index (χ4n) is 1.27. The lowest BCUT2D eigenvalue weighted by Gasteiger charge is -2.07. The minimum absolute atomic E-state index is 0.270. The molecule has 0 atom stereocenters. The van der Waals surface area contributed by atoms with Gasteiger partial charge in [0.1, 0.15) is 17.5 Å². The second-order valence-corrected chi connectivity index (χ2v) is 5.24. The molecule has 1 fully saturated rings. The lowest BCUT2D eigenvalue weighted by Crippen LogP contribution is -2.27. The van der Waals surface area contributed by atoms with E-state index in [0.29, 0.717) is 25.0 Å². The summed E-state index contributed by atoms with van der Waals surface area (Å²) in [6.07, 6.45) is 1.29. The van der Waals surface area contributed by atoms with Crippen LogP contribution in [0.25, 0.3) is 0 Å². The van der Waals surface area contributed by atoms with Crippen molar-refractivity contribution in [1.29, 1.82) is 0 Å². The normalized spacial score (nSPS) is 16.4. The van der Waals surface area contributed by atoms with Crippen LogP contribution in [0, 0.1) is 17.5 Å². The minimum Gasteiger partial charge on any atom is -0.208 e. The molecule has 2 rings (SSSR count). The van der Waals surface area contributed by atoms with Crippen molar-refractivity contribution in [2.24, 2.45) is 0 Å². The topological polar surface area (TPSA) is 46.2 Å². The number of halogens is 3. The van der Waals surface area contributed by atoms with Crippen LogP contribution in [-0.4, -0.2) is 14.5 Å². The first-order chi connectivity index (χ1) is 7.40. The summed E-state index contributed by atoms with van der Waals surface area (Å²) in [7, 11) is -4.24. The van der Waals surface area contributed by atoms with Gasteiger partial charge in [0.2, 0.25) is 10.0 Å². The monoisotopic (exact) mass is 251 g/mol. The molecular weight excluding hydrogens is 243 g/mol. The third-order valence-electron chi connectivity index (χ3n) is 2.13. The molecule has 7 heteroatoms. The van der Waals surface area contributed by atoms with Gasteiger partial charge in [-0.05, 0) is 12.8 Å². The molecule has 0 aromatic heterocycles. The van der Waals surface area contributed by atoms with Crippen LogP contribution in [0.3, 0.4) is 0 Å². The SMILES string of the molecule is O=S(=O)(NC1CC1)c1c(F)cc(F)cc1F. The van der Waals surface area contributed by atoms with Crippen molar-refractivity contribution in [1.82, 2.24) is 4.72 Å². The Morgan fingerprint density at radius 1 is 1.12 bits per heavy atom. The molecule has 0 bridgehead atoms. The largest absolute Gasteiger partial charge is 0.246 e. The van der Waals surface area contributed by atoms with Gasteiger partial charge in [0.05, 0.1) is 0 Å². The average molecular weight is 251 g/mol. The summed E-state index contributed by atoms with van der Waals surface area (Å²) in [5.41, 5.74) is 0. The number of sulfonamides is 1. The van der Waals surface area contributed by atoms with E-state index in [2.05, 4.69) is 4.72 Å². The van der Waals surface area contributed by atoms with Crippen LogP contribution >= 0.6 is 0 Å². The fraction of sp³-hybridized carbons (Fsp3) is 0.333. The molecule has 0 saturated heterocycles. The van der Waals surface area contributed by atoms with Gasteiger partial charge < -0.3 is 0 Å². The van der Waals surface area contributed by atoms with Crippen molar-refractivity contribution < 1.29 is 21.6 Å². The highest BCUT2D eigenvalue weighted by Crippen LogP contribution is 2.25. The maximum Gasteiger partial charge on any atom is 0.246 e. The van der Waals surface area contributed by atoms with E-state index in [1.54, 1.807) is 0 Å². The zero-order valence-corrected chi connectivity index (χ0v) is 8.82. The van der Waals surface area contributed by atoms with Crippen LogP contribution in [0.4, 0.5) is 13.2 Å². The quantitative estimate of drug-likeness (QED) is 0.885. The Morgan fingerprint density at radius 3 is 2.06 bits per heavy atom. The summed E-state index contributed by atoms with van der Waals surface area (Å²) in [6, 6.07) is 0.406. The first kappa shape index (κ1) is 11.4. The number of hydrogen-bond donors (Lipinski definition) is 1. The lowest BCUT2D eigenvalue weighted by molar-refractivity contribution is 0.493. The number of benzene rings is 1. The van der Waals surface area contributed by atoms with Gasteiger partial charge in [0, 0.05) is 18.2 Å². The molecule has 0 spiro atoms. The van der Waals surface area contributed by atoms with Gasteiger partial charge in [-0.25, -0.2) is 26.3 Å². The van der Waals surface area contributed by atoms with E-state index in [1.165, 1.54) is 0 Å². The van der Waals surface area contributed by atoms with Crippen LogP contribution in [0.2, 0.25) is 0 Å². The van der Waals surface area contributed by atoms with E-state index in [0.717, 1.165) is 0 Å². The van der Waals surface area contributed by atoms with Crippen LogP contribution in [-0.2, 0) is 10.0 Å². The van der Waals surface area contributed by atoms with E-state index in [4.69, 9.17) is 0 Å². The third-order valence-corrected chi connectivity index (χ3v) is 3.70. The zero-order valence-electron chi connectivity index (χ0n) is 8.00. The molecule has 0 heterocycles. The Bertz CT molecular complexity index is 503. The van der Waals surface area contributed by atoms with Crippen molar-refractivity contribution in [3.05, 3.63) is 29.6 Å². The molecule has 0 unspecified atom stereocenters. The Hall–Kier alpha value is -1.08. The first-order valence-corrected chi connectivity index (χ1v) is 6.05. The highest BCUT2D eigenvalue weighted by atomic mass is 32.2. The Labute approximate surface area is 90.3 Å². The molecule has 1 N–H and O–H groups in total.